The highest BCUT2D eigenvalue weighted by Gasteiger charge is 2.11. The quantitative estimate of drug-likeness (QED) is 0.485. The molecule has 0 unspecified atom stereocenters. The van der Waals surface area contributed by atoms with Crippen LogP contribution in [0, 0.1) is 0 Å². The first kappa shape index (κ1) is 11.7. The van der Waals surface area contributed by atoms with Gasteiger partial charge in [0.25, 0.3) is 0 Å². The van der Waals surface area contributed by atoms with Crippen molar-refractivity contribution >= 4 is 37.7 Å². The normalized spacial score (nSPS) is 11.2. The molecule has 2 aromatic heterocycles. The van der Waals surface area contributed by atoms with Crippen LogP contribution in [0.15, 0.2) is 71.3 Å². The third-order valence-corrected chi connectivity index (χ3v) is 4.01. The minimum absolute atomic E-state index is 0.928. The molecule has 0 spiro atoms. The predicted octanol–water partition coefficient (Wildman–Crippen LogP) is 4.94. The van der Waals surface area contributed by atoms with Gasteiger partial charge in [0.1, 0.15) is 5.82 Å². The average molecular weight is 323 g/mol. The summed E-state index contributed by atoms with van der Waals surface area (Å²) >= 11 is 3.52. The molecule has 2 nitrogen and oxygen atoms in total. The van der Waals surface area contributed by atoms with E-state index in [9.17, 15) is 0 Å². The number of halogens is 1. The fraction of sp³-hybridized carbons (Fsp3) is 0. The SMILES string of the molecule is Brc1ccnc(-n2c3ccccc3c3ccccc32)c1. The Balaban J connectivity index is 2.21. The molecule has 0 bridgehead atoms. The zero-order valence-corrected chi connectivity index (χ0v) is 12.2. The first-order valence-electron chi connectivity index (χ1n) is 6.45. The van der Waals surface area contributed by atoms with E-state index in [4.69, 9.17) is 0 Å². The highest BCUT2D eigenvalue weighted by molar-refractivity contribution is 9.10. The maximum Gasteiger partial charge on any atom is 0.138 e. The molecule has 20 heavy (non-hydrogen) atoms. The Bertz CT molecular complexity index is 871. The Labute approximate surface area is 124 Å². The fourth-order valence-corrected chi connectivity index (χ4v) is 3.01. The van der Waals surface area contributed by atoms with E-state index in [0.717, 1.165) is 10.3 Å². The van der Waals surface area contributed by atoms with Crippen molar-refractivity contribution in [3.63, 3.8) is 0 Å². The molecule has 2 aromatic carbocycles. The Hall–Kier alpha value is -2.13. The second kappa shape index (κ2) is 4.46. The minimum Gasteiger partial charge on any atom is -0.294 e. The molecule has 2 heterocycles. The Morgan fingerprint density at radius 1 is 0.800 bits per heavy atom. The summed E-state index contributed by atoms with van der Waals surface area (Å²) in [5, 5.41) is 2.51. The van der Waals surface area contributed by atoms with Crippen molar-refractivity contribution in [1.29, 1.82) is 0 Å². The molecule has 0 atom stereocenters. The fourth-order valence-electron chi connectivity index (χ4n) is 2.69. The summed E-state index contributed by atoms with van der Waals surface area (Å²) in [4.78, 5) is 4.52. The second-order valence-electron chi connectivity index (χ2n) is 4.70. The molecule has 0 N–H and O–H groups in total. The standard InChI is InChI=1S/C17H11BrN2/c18-12-9-10-19-17(11-12)20-15-7-3-1-5-13(15)14-6-2-4-8-16(14)20/h1-11H. The Morgan fingerprint density at radius 2 is 1.40 bits per heavy atom. The lowest BCUT2D eigenvalue weighted by Gasteiger charge is -2.06. The number of fused-ring (bicyclic) bond motifs is 3. The van der Waals surface area contributed by atoms with Gasteiger partial charge in [-0.3, -0.25) is 4.57 Å². The van der Waals surface area contributed by atoms with Gasteiger partial charge in [-0.15, -0.1) is 0 Å². The first-order valence-corrected chi connectivity index (χ1v) is 7.24. The van der Waals surface area contributed by atoms with E-state index in [1.165, 1.54) is 21.8 Å². The summed E-state index contributed by atoms with van der Waals surface area (Å²) in [5.74, 6) is 0.928. The first-order chi connectivity index (χ1) is 9.84. The van der Waals surface area contributed by atoms with Crippen molar-refractivity contribution in [2.45, 2.75) is 0 Å². The number of para-hydroxylation sites is 2. The zero-order valence-electron chi connectivity index (χ0n) is 10.6. The highest BCUT2D eigenvalue weighted by Crippen LogP contribution is 2.31. The van der Waals surface area contributed by atoms with Crippen molar-refractivity contribution < 1.29 is 0 Å². The molecular formula is C17H11BrN2. The lowest BCUT2D eigenvalue weighted by atomic mass is 10.2. The summed E-state index contributed by atoms with van der Waals surface area (Å²) in [6, 6.07) is 20.9. The van der Waals surface area contributed by atoms with Crippen LogP contribution in [0.1, 0.15) is 0 Å². The number of aromatic nitrogens is 2. The number of benzene rings is 2. The summed E-state index contributed by atoms with van der Waals surface area (Å²) in [6.07, 6.45) is 1.82. The monoisotopic (exact) mass is 322 g/mol. The number of nitrogens with zero attached hydrogens (tertiary/aromatic N) is 2. The number of hydrogen-bond acceptors (Lipinski definition) is 1. The second-order valence-corrected chi connectivity index (χ2v) is 5.62. The molecule has 0 saturated heterocycles. The molecular weight excluding hydrogens is 312 g/mol. The molecule has 0 aliphatic heterocycles. The molecule has 0 amide bonds. The van der Waals surface area contributed by atoms with Crippen LogP contribution in [0.3, 0.4) is 0 Å². The molecule has 96 valence electrons. The van der Waals surface area contributed by atoms with Crippen LogP contribution in [0.4, 0.5) is 0 Å². The molecule has 0 saturated carbocycles. The van der Waals surface area contributed by atoms with Gasteiger partial charge in [-0.05, 0) is 24.3 Å². The Kier molecular flexibility index (Phi) is 2.60. The summed E-state index contributed by atoms with van der Waals surface area (Å²) < 4.78 is 3.24. The van der Waals surface area contributed by atoms with E-state index in [1.807, 2.05) is 18.3 Å². The van der Waals surface area contributed by atoms with Crippen molar-refractivity contribution in [3.8, 4) is 5.82 Å². The van der Waals surface area contributed by atoms with Gasteiger partial charge in [-0.2, -0.15) is 0 Å². The zero-order chi connectivity index (χ0) is 13.5. The van der Waals surface area contributed by atoms with Crippen LogP contribution in [-0.2, 0) is 0 Å². The molecule has 4 rings (SSSR count). The van der Waals surface area contributed by atoms with E-state index in [-0.39, 0.29) is 0 Å². The van der Waals surface area contributed by atoms with Crippen LogP contribution < -0.4 is 0 Å². The van der Waals surface area contributed by atoms with Gasteiger partial charge in [0, 0.05) is 21.4 Å². The lowest BCUT2D eigenvalue weighted by molar-refractivity contribution is 1.08. The third-order valence-electron chi connectivity index (χ3n) is 3.52. The smallest absolute Gasteiger partial charge is 0.138 e. The van der Waals surface area contributed by atoms with Crippen molar-refractivity contribution in [2.75, 3.05) is 0 Å². The largest absolute Gasteiger partial charge is 0.294 e. The summed E-state index contributed by atoms with van der Waals surface area (Å²) in [5.41, 5.74) is 2.36. The van der Waals surface area contributed by atoms with Gasteiger partial charge in [-0.1, -0.05) is 52.3 Å². The third kappa shape index (κ3) is 1.67. The summed E-state index contributed by atoms with van der Waals surface area (Å²) in [6.45, 7) is 0. The molecule has 0 aliphatic rings. The number of rotatable bonds is 1. The van der Waals surface area contributed by atoms with Crippen molar-refractivity contribution in [1.82, 2.24) is 9.55 Å². The predicted molar refractivity (Wildman–Crippen MR) is 86.3 cm³/mol. The van der Waals surface area contributed by atoms with Crippen LogP contribution in [0.5, 0.6) is 0 Å². The number of hydrogen-bond donors (Lipinski definition) is 0. The highest BCUT2D eigenvalue weighted by atomic mass is 79.9. The molecule has 0 radical (unpaired) electrons. The van der Waals surface area contributed by atoms with Gasteiger partial charge in [0.15, 0.2) is 0 Å². The van der Waals surface area contributed by atoms with E-state index in [2.05, 4.69) is 74.0 Å². The van der Waals surface area contributed by atoms with E-state index in [0.29, 0.717) is 0 Å². The molecule has 0 fully saturated rings. The van der Waals surface area contributed by atoms with Gasteiger partial charge in [0.2, 0.25) is 0 Å². The molecule has 4 aromatic rings. The Morgan fingerprint density at radius 3 is 2.00 bits per heavy atom. The minimum atomic E-state index is 0.928. The average Bonchev–Trinajstić information content (AvgIpc) is 2.82. The van der Waals surface area contributed by atoms with Gasteiger partial charge < -0.3 is 0 Å². The summed E-state index contributed by atoms with van der Waals surface area (Å²) in [7, 11) is 0. The molecule has 3 heteroatoms. The topological polar surface area (TPSA) is 17.8 Å². The van der Waals surface area contributed by atoms with Gasteiger partial charge in [0.05, 0.1) is 11.0 Å². The molecule has 0 aliphatic carbocycles. The van der Waals surface area contributed by atoms with Gasteiger partial charge in [-0.25, -0.2) is 4.98 Å². The van der Waals surface area contributed by atoms with E-state index in [1.54, 1.807) is 0 Å². The maximum absolute atomic E-state index is 4.52. The van der Waals surface area contributed by atoms with Crippen molar-refractivity contribution in [2.24, 2.45) is 0 Å². The maximum atomic E-state index is 4.52. The van der Waals surface area contributed by atoms with Gasteiger partial charge >= 0.3 is 0 Å². The number of pyridine rings is 1. The van der Waals surface area contributed by atoms with Crippen molar-refractivity contribution in [3.05, 3.63) is 71.3 Å². The van der Waals surface area contributed by atoms with Crippen LogP contribution in [-0.4, -0.2) is 9.55 Å². The van der Waals surface area contributed by atoms with E-state index >= 15 is 0 Å². The van der Waals surface area contributed by atoms with Crippen LogP contribution >= 0.6 is 15.9 Å². The lowest BCUT2D eigenvalue weighted by Crippen LogP contribution is -1.96. The van der Waals surface area contributed by atoms with Crippen LogP contribution in [0.2, 0.25) is 0 Å². The van der Waals surface area contributed by atoms with Crippen LogP contribution in [0.25, 0.3) is 27.6 Å². The van der Waals surface area contributed by atoms with E-state index < -0.39 is 0 Å².